The molecule has 0 spiro atoms. The molecule has 3 heterocycles. The molecule has 1 amide bonds. The van der Waals surface area contributed by atoms with Crippen LogP contribution in [-0.2, 0) is 11.8 Å². The van der Waals surface area contributed by atoms with E-state index < -0.39 is 0 Å². The molecule has 0 radical (unpaired) electrons. The van der Waals surface area contributed by atoms with Gasteiger partial charge in [0.05, 0.1) is 11.9 Å². The highest BCUT2D eigenvalue weighted by Crippen LogP contribution is 2.37. The molecule has 2 saturated heterocycles. The molecule has 3 fully saturated rings. The first-order valence-corrected chi connectivity index (χ1v) is 10.4. The van der Waals surface area contributed by atoms with Crippen LogP contribution in [0.2, 0.25) is 0 Å². The minimum absolute atomic E-state index is 0.0851. The predicted molar refractivity (Wildman–Crippen MR) is 105 cm³/mol. The Balaban J connectivity index is 1.34. The minimum Gasteiger partial charge on any atom is -0.370 e. The first-order chi connectivity index (χ1) is 13.1. The van der Waals surface area contributed by atoms with Crippen LogP contribution in [0, 0.1) is 5.92 Å². The van der Waals surface area contributed by atoms with Gasteiger partial charge in [-0.2, -0.15) is 5.10 Å². The summed E-state index contributed by atoms with van der Waals surface area (Å²) in [4.78, 5) is 29.6. The van der Waals surface area contributed by atoms with Crippen molar-refractivity contribution in [1.82, 2.24) is 20.0 Å². The molecule has 1 saturated carbocycles. The largest absolute Gasteiger partial charge is 0.370 e. The number of hydrogen-bond donors (Lipinski definition) is 1. The molecule has 2 aliphatic heterocycles. The van der Waals surface area contributed by atoms with Crippen LogP contribution in [-0.4, -0.2) is 58.9 Å². The Morgan fingerprint density at radius 1 is 1.22 bits per heavy atom. The number of likely N-dealkylation sites (tertiary alicyclic amines) is 1. The number of rotatable bonds is 5. The van der Waals surface area contributed by atoms with Gasteiger partial charge in [0.1, 0.15) is 5.54 Å². The number of aryl methyl sites for hydroxylation is 1. The van der Waals surface area contributed by atoms with Gasteiger partial charge in [-0.3, -0.25) is 14.5 Å². The van der Waals surface area contributed by atoms with Crippen LogP contribution in [0.4, 0.5) is 5.69 Å². The Labute approximate surface area is 160 Å². The smallest absolute Gasteiger partial charge is 0.268 e. The summed E-state index contributed by atoms with van der Waals surface area (Å²) in [6, 6.07) is 1.65. The zero-order valence-electron chi connectivity index (χ0n) is 16.3. The van der Waals surface area contributed by atoms with E-state index in [-0.39, 0.29) is 17.0 Å². The lowest BCUT2D eigenvalue weighted by molar-refractivity contribution is -0.133. The molecular formula is C20H31N5O2. The third kappa shape index (κ3) is 3.61. The number of nitrogens with one attached hydrogen (secondary N) is 1. The molecule has 1 aromatic heterocycles. The summed E-state index contributed by atoms with van der Waals surface area (Å²) >= 11 is 0. The molecule has 4 rings (SSSR count). The van der Waals surface area contributed by atoms with E-state index in [9.17, 15) is 9.59 Å². The highest BCUT2D eigenvalue weighted by Gasteiger charge is 2.46. The van der Waals surface area contributed by atoms with E-state index >= 15 is 0 Å². The molecule has 27 heavy (non-hydrogen) atoms. The maximum atomic E-state index is 13.1. The lowest BCUT2D eigenvalue weighted by Crippen LogP contribution is -2.56. The van der Waals surface area contributed by atoms with Crippen LogP contribution in [0.5, 0.6) is 0 Å². The molecule has 0 bridgehead atoms. The standard InChI is InChI=1S/C20H31N5O2/c1-23-18(26)12-17(14-22-23)24-11-6-16(15-24)13-21-19(27)20(7-2-3-8-20)25-9-4-5-10-25/h12,14,16H,2-11,13,15H2,1H3,(H,21,27). The summed E-state index contributed by atoms with van der Waals surface area (Å²) in [5.74, 6) is 0.672. The molecule has 3 aliphatic rings. The lowest BCUT2D eigenvalue weighted by Gasteiger charge is -2.37. The topological polar surface area (TPSA) is 70.5 Å². The average molecular weight is 374 g/mol. The van der Waals surface area contributed by atoms with E-state index in [4.69, 9.17) is 0 Å². The van der Waals surface area contributed by atoms with Gasteiger partial charge in [-0.15, -0.1) is 0 Å². The Morgan fingerprint density at radius 2 is 1.96 bits per heavy atom. The second kappa shape index (κ2) is 7.62. The number of amides is 1. The van der Waals surface area contributed by atoms with Crippen molar-refractivity contribution in [1.29, 1.82) is 0 Å². The van der Waals surface area contributed by atoms with Crippen molar-refractivity contribution in [2.75, 3.05) is 37.6 Å². The summed E-state index contributed by atoms with van der Waals surface area (Å²) in [5.41, 5.74) is 0.555. The van der Waals surface area contributed by atoms with Gasteiger partial charge < -0.3 is 10.2 Å². The normalized spacial score (nSPS) is 25.2. The van der Waals surface area contributed by atoms with Crippen LogP contribution in [0.3, 0.4) is 0 Å². The summed E-state index contributed by atoms with van der Waals surface area (Å²) in [7, 11) is 1.66. The SMILES string of the molecule is Cn1ncc(N2CCC(CNC(=O)C3(N4CCCC4)CCCC3)C2)cc1=O. The van der Waals surface area contributed by atoms with Gasteiger partial charge >= 0.3 is 0 Å². The Bertz CT molecular complexity index is 734. The van der Waals surface area contributed by atoms with Crippen molar-refractivity contribution in [2.24, 2.45) is 13.0 Å². The van der Waals surface area contributed by atoms with Crippen molar-refractivity contribution in [3.05, 3.63) is 22.6 Å². The molecule has 7 heteroatoms. The van der Waals surface area contributed by atoms with Gasteiger partial charge in [-0.1, -0.05) is 12.8 Å². The second-order valence-corrected chi connectivity index (χ2v) is 8.42. The van der Waals surface area contributed by atoms with Gasteiger partial charge in [-0.25, -0.2) is 4.68 Å². The number of carbonyl (C=O) groups is 1. The third-order valence-electron chi connectivity index (χ3n) is 6.72. The average Bonchev–Trinajstić information content (AvgIpc) is 3.42. The van der Waals surface area contributed by atoms with Crippen molar-refractivity contribution >= 4 is 11.6 Å². The summed E-state index contributed by atoms with van der Waals surface area (Å²) < 4.78 is 1.34. The second-order valence-electron chi connectivity index (χ2n) is 8.42. The molecule has 1 atom stereocenters. The maximum Gasteiger partial charge on any atom is 0.268 e. The van der Waals surface area contributed by atoms with Crippen molar-refractivity contribution in [3.63, 3.8) is 0 Å². The quantitative estimate of drug-likeness (QED) is 0.838. The van der Waals surface area contributed by atoms with E-state index in [1.54, 1.807) is 19.3 Å². The molecule has 1 N–H and O–H groups in total. The lowest BCUT2D eigenvalue weighted by atomic mass is 9.93. The van der Waals surface area contributed by atoms with Gasteiger partial charge in [0, 0.05) is 32.7 Å². The van der Waals surface area contributed by atoms with Crippen molar-refractivity contribution < 1.29 is 4.79 Å². The summed E-state index contributed by atoms with van der Waals surface area (Å²) in [6.45, 7) is 4.64. The van der Waals surface area contributed by atoms with Gasteiger partial charge in [-0.05, 0) is 51.1 Å². The maximum absolute atomic E-state index is 13.1. The van der Waals surface area contributed by atoms with Crippen molar-refractivity contribution in [2.45, 2.75) is 50.5 Å². The van der Waals surface area contributed by atoms with Crippen LogP contribution in [0.1, 0.15) is 44.9 Å². The van der Waals surface area contributed by atoms with E-state index in [1.165, 1.54) is 17.5 Å². The molecule has 1 aromatic rings. The number of carbonyl (C=O) groups excluding carboxylic acids is 1. The zero-order valence-corrected chi connectivity index (χ0v) is 16.3. The van der Waals surface area contributed by atoms with Crippen LogP contribution < -0.4 is 15.8 Å². The summed E-state index contributed by atoms with van der Waals surface area (Å²) in [6.07, 6.45) is 9.57. The highest BCUT2D eigenvalue weighted by molar-refractivity contribution is 5.86. The first-order valence-electron chi connectivity index (χ1n) is 10.4. The van der Waals surface area contributed by atoms with Crippen LogP contribution in [0.15, 0.2) is 17.1 Å². The monoisotopic (exact) mass is 373 g/mol. The van der Waals surface area contributed by atoms with Crippen LogP contribution in [0.25, 0.3) is 0 Å². The van der Waals surface area contributed by atoms with Crippen LogP contribution >= 0.6 is 0 Å². The number of nitrogens with zero attached hydrogens (tertiary/aromatic N) is 4. The molecule has 1 aliphatic carbocycles. The van der Waals surface area contributed by atoms with Crippen molar-refractivity contribution in [3.8, 4) is 0 Å². The molecule has 0 aromatic carbocycles. The summed E-state index contributed by atoms with van der Waals surface area (Å²) in [5, 5.41) is 7.40. The number of anilines is 1. The fraction of sp³-hybridized carbons (Fsp3) is 0.750. The number of hydrogen-bond acceptors (Lipinski definition) is 5. The molecule has 1 unspecified atom stereocenters. The van der Waals surface area contributed by atoms with E-state index in [2.05, 4.69) is 20.2 Å². The Morgan fingerprint density at radius 3 is 2.67 bits per heavy atom. The van der Waals surface area contributed by atoms with E-state index in [1.807, 2.05) is 0 Å². The van der Waals surface area contributed by atoms with Gasteiger partial charge in [0.15, 0.2) is 0 Å². The van der Waals surface area contributed by atoms with Gasteiger partial charge in [0.25, 0.3) is 5.56 Å². The third-order valence-corrected chi connectivity index (χ3v) is 6.72. The Hall–Kier alpha value is -1.89. The number of aromatic nitrogens is 2. The zero-order chi connectivity index (χ0) is 18.9. The first kappa shape index (κ1) is 18.5. The minimum atomic E-state index is -0.246. The Kier molecular flexibility index (Phi) is 5.21. The predicted octanol–water partition coefficient (Wildman–Crippen LogP) is 1.13. The van der Waals surface area contributed by atoms with Gasteiger partial charge in [0.2, 0.25) is 5.91 Å². The fourth-order valence-electron chi connectivity index (χ4n) is 5.06. The molecule has 7 nitrogen and oxygen atoms in total. The van der Waals surface area contributed by atoms with E-state index in [0.29, 0.717) is 5.92 Å². The molecular weight excluding hydrogens is 342 g/mol. The highest BCUT2D eigenvalue weighted by atomic mass is 16.2. The molecule has 148 valence electrons. The van der Waals surface area contributed by atoms with E-state index in [0.717, 1.165) is 70.5 Å². The fourth-order valence-corrected chi connectivity index (χ4v) is 5.06.